The summed E-state index contributed by atoms with van der Waals surface area (Å²) < 4.78 is 2.61. The van der Waals surface area contributed by atoms with E-state index in [-0.39, 0.29) is 5.91 Å². The molecule has 0 atom stereocenters. The predicted molar refractivity (Wildman–Crippen MR) is 75.0 cm³/mol. The summed E-state index contributed by atoms with van der Waals surface area (Å²) in [6.45, 7) is 0. The second-order valence-corrected chi connectivity index (χ2v) is 4.67. The van der Waals surface area contributed by atoms with Gasteiger partial charge in [-0.3, -0.25) is 9.48 Å². The van der Waals surface area contributed by atoms with E-state index in [9.17, 15) is 4.79 Å². The number of halogens is 1. The van der Waals surface area contributed by atoms with Crippen LogP contribution in [0.3, 0.4) is 0 Å². The zero-order valence-electron chi connectivity index (χ0n) is 9.80. The molecule has 1 amide bonds. The van der Waals surface area contributed by atoms with E-state index in [4.69, 9.17) is 0 Å². The second-order valence-electron chi connectivity index (χ2n) is 3.75. The lowest BCUT2D eigenvalue weighted by molar-refractivity contribution is -0.111. The standard InChI is InChI=1S/C13H12BrN3O/c1-17-8-7-12(16-17)15-13(18)6-5-10-3-2-4-11(14)9-10/h2-9H,1H3,(H,15,16,18)/b6-5+. The van der Waals surface area contributed by atoms with Gasteiger partial charge >= 0.3 is 0 Å². The molecule has 2 aromatic rings. The molecule has 0 saturated carbocycles. The van der Waals surface area contributed by atoms with E-state index in [0.717, 1.165) is 10.0 Å². The van der Waals surface area contributed by atoms with Gasteiger partial charge in [0.05, 0.1) is 0 Å². The Bertz CT molecular complexity index is 589. The number of anilines is 1. The van der Waals surface area contributed by atoms with Gasteiger partial charge in [-0.25, -0.2) is 0 Å². The number of amides is 1. The zero-order valence-corrected chi connectivity index (χ0v) is 11.4. The number of hydrogen-bond donors (Lipinski definition) is 1. The van der Waals surface area contributed by atoms with Crippen molar-refractivity contribution in [3.05, 3.63) is 52.6 Å². The summed E-state index contributed by atoms with van der Waals surface area (Å²) in [7, 11) is 1.80. The van der Waals surface area contributed by atoms with Gasteiger partial charge in [0.1, 0.15) is 0 Å². The maximum absolute atomic E-state index is 11.6. The Morgan fingerprint density at radius 3 is 2.94 bits per heavy atom. The number of nitrogens with one attached hydrogen (secondary N) is 1. The molecule has 18 heavy (non-hydrogen) atoms. The lowest BCUT2D eigenvalue weighted by atomic mass is 10.2. The average molecular weight is 306 g/mol. The van der Waals surface area contributed by atoms with Crippen molar-refractivity contribution in [3.63, 3.8) is 0 Å². The van der Waals surface area contributed by atoms with Crippen molar-refractivity contribution >= 4 is 33.7 Å². The van der Waals surface area contributed by atoms with E-state index in [1.54, 1.807) is 30.1 Å². The first-order valence-electron chi connectivity index (χ1n) is 5.38. The lowest BCUT2D eigenvalue weighted by Gasteiger charge is -1.97. The summed E-state index contributed by atoms with van der Waals surface area (Å²) >= 11 is 3.38. The Hall–Kier alpha value is -1.88. The van der Waals surface area contributed by atoms with E-state index in [1.807, 2.05) is 24.3 Å². The van der Waals surface area contributed by atoms with Gasteiger partial charge in [0.2, 0.25) is 5.91 Å². The van der Waals surface area contributed by atoms with Gasteiger partial charge in [-0.1, -0.05) is 28.1 Å². The normalized spacial score (nSPS) is 10.8. The van der Waals surface area contributed by atoms with Crippen molar-refractivity contribution in [2.24, 2.45) is 7.05 Å². The highest BCUT2D eigenvalue weighted by atomic mass is 79.9. The third-order valence-electron chi connectivity index (χ3n) is 2.24. The van der Waals surface area contributed by atoms with Crippen molar-refractivity contribution in [2.45, 2.75) is 0 Å². The summed E-state index contributed by atoms with van der Waals surface area (Å²) in [6, 6.07) is 9.45. The molecular weight excluding hydrogens is 294 g/mol. The Morgan fingerprint density at radius 1 is 1.44 bits per heavy atom. The minimum Gasteiger partial charge on any atom is -0.306 e. The molecule has 0 fully saturated rings. The van der Waals surface area contributed by atoms with Crippen molar-refractivity contribution in [1.82, 2.24) is 9.78 Å². The Balaban J connectivity index is 1.99. The van der Waals surface area contributed by atoms with Crippen molar-refractivity contribution < 1.29 is 4.79 Å². The largest absolute Gasteiger partial charge is 0.306 e. The molecule has 2 rings (SSSR count). The minimum absolute atomic E-state index is 0.200. The van der Waals surface area contributed by atoms with Crippen LogP contribution >= 0.6 is 15.9 Å². The van der Waals surface area contributed by atoms with Crippen molar-refractivity contribution in [1.29, 1.82) is 0 Å². The highest BCUT2D eigenvalue weighted by molar-refractivity contribution is 9.10. The highest BCUT2D eigenvalue weighted by Gasteiger charge is 2.00. The molecule has 0 bridgehead atoms. The van der Waals surface area contributed by atoms with E-state index in [1.165, 1.54) is 6.08 Å². The number of hydrogen-bond acceptors (Lipinski definition) is 2. The number of aryl methyl sites for hydroxylation is 1. The van der Waals surface area contributed by atoms with Crippen LogP contribution in [0.15, 0.2) is 47.1 Å². The van der Waals surface area contributed by atoms with Gasteiger partial charge in [-0.05, 0) is 23.8 Å². The van der Waals surface area contributed by atoms with Crippen LogP contribution in [0.25, 0.3) is 6.08 Å². The number of aromatic nitrogens is 2. The van der Waals surface area contributed by atoms with Crippen LogP contribution in [0.1, 0.15) is 5.56 Å². The molecule has 92 valence electrons. The fourth-order valence-electron chi connectivity index (χ4n) is 1.43. The third-order valence-corrected chi connectivity index (χ3v) is 2.73. The quantitative estimate of drug-likeness (QED) is 0.886. The summed E-state index contributed by atoms with van der Waals surface area (Å²) in [4.78, 5) is 11.6. The van der Waals surface area contributed by atoms with Gasteiger partial charge in [-0.2, -0.15) is 5.10 Å². The molecule has 1 aromatic heterocycles. The van der Waals surface area contributed by atoms with Gasteiger partial charge in [-0.15, -0.1) is 0 Å². The highest BCUT2D eigenvalue weighted by Crippen LogP contribution is 2.12. The summed E-state index contributed by atoms with van der Waals surface area (Å²) in [5.41, 5.74) is 0.959. The summed E-state index contributed by atoms with van der Waals surface area (Å²) in [5.74, 6) is 0.343. The molecule has 1 aromatic carbocycles. The lowest BCUT2D eigenvalue weighted by Crippen LogP contribution is -2.08. The fourth-order valence-corrected chi connectivity index (χ4v) is 1.85. The van der Waals surface area contributed by atoms with Crippen LogP contribution in [-0.2, 0) is 11.8 Å². The Kier molecular flexibility index (Phi) is 3.94. The zero-order chi connectivity index (χ0) is 13.0. The minimum atomic E-state index is -0.200. The van der Waals surface area contributed by atoms with E-state index < -0.39 is 0 Å². The second kappa shape index (κ2) is 5.64. The Labute approximate surface area is 113 Å². The molecule has 5 heteroatoms. The first-order valence-corrected chi connectivity index (χ1v) is 6.17. The number of rotatable bonds is 3. The molecule has 0 aliphatic rings. The first kappa shape index (κ1) is 12.6. The smallest absolute Gasteiger partial charge is 0.249 e. The van der Waals surface area contributed by atoms with Crippen LogP contribution in [0, 0.1) is 0 Å². The summed E-state index contributed by atoms with van der Waals surface area (Å²) in [6.07, 6.45) is 5.01. The molecule has 4 nitrogen and oxygen atoms in total. The molecule has 1 N–H and O–H groups in total. The molecule has 0 unspecified atom stereocenters. The monoisotopic (exact) mass is 305 g/mol. The van der Waals surface area contributed by atoms with E-state index >= 15 is 0 Å². The van der Waals surface area contributed by atoms with E-state index in [0.29, 0.717) is 5.82 Å². The number of nitrogens with zero attached hydrogens (tertiary/aromatic N) is 2. The molecule has 0 radical (unpaired) electrons. The van der Waals surface area contributed by atoms with Crippen LogP contribution in [-0.4, -0.2) is 15.7 Å². The SMILES string of the molecule is Cn1ccc(NC(=O)/C=C/c2cccc(Br)c2)n1. The van der Waals surface area contributed by atoms with Gasteiger partial charge in [0.25, 0.3) is 0 Å². The average Bonchev–Trinajstić information content (AvgIpc) is 2.72. The maximum atomic E-state index is 11.6. The maximum Gasteiger partial charge on any atom is 0.249 e. The molecule has 1 heterocycles. The Morgan fingerprint density at radius 2 is 2.28 bits per heavy atom. The van der Waals surface area contributed by atoms with Crippen LogP contribution in [0.4, 0.5) is 5.82 Å². The predicted octanol–water partition coefficient (Wildman–Crippen LogP) is 2.83. The van der Waals surface area contributed by atoms with E-state index in [2.05, 4.69) is 26.3 Å². The van der Waals surface area contributed by atoms with Crippen LogP contribution < -0.4 is 5.32 Å². The van der Waals surface area contributed by atoms with Gasteiger partial charge < -0.3 is 5.32 Å². The fraction of sp³-hybridized carbons (Fsp3) is 0.0769. The van der Waals surface area contributed by atoms with Crippen LogP contribution in [0.2, 0.25) is 0 Å². The van der Waals surface area contributed by atoms with Crippen LogP contribution in [0.5, 0.6) is 0 Å². The number of benzene rings is 1. The summed E-state index contributed by atoms with van der Waals surface area (Å²) in [5, 5.41) is 6.74. The molecule has 0 aliphatic carbocycles. The topological polar surface area (TPSA) is 46.9 Å². The molecule has 0 aliphatic heterocycles. The number of carbonyl (C=O) groups excluding carboxylic acids is 1. The van der Waals surface area contributed by atoms with Gasteiger partial charge in [0.15, 0.2) is 5.82 Å². The number of carbonyl (C=O) groups is 1. The molecule has 0 saturated heterocycles. The first-order chi connectivity index (χ1) is 8.63. The third kappa shape index (κ3) is 3.56. The van der Waals surface area contributed by atoms with Gasteiger partial charge in [0, 0.05) is 29.9 Å². The molecule has 0 spiro atoms. The molecular formula is C13H12BrN3O. The van der Waals surface area contributed by atoms with Crippen molar-refractivity contribution in [2.75, 3.05) is 5.32 Å². The van der Waals surface area contributed by atoms with Crippen molar-refractivity contribution in [3.8, 4) is 0 Å².